The van der Waals surface area contributed by atoms with E-state index in [9.17, 15) is 9.59 Å². The van der Waals surface area contributed by atoms with Crippen LogP contribution in [0.15, 0.2) is 30.3 Å². The molecule has 0 aromatic heterocycles. The first-order chi connectivity index (χ1) is 13.6. The zero-order chi connectivity index (χ0) is 19.3. The molecule has 3 aliphatic heterocycles. The maximum atomic E-state index is 12.5. The third-order valence-corrected chi connectivity index (χ3v) is 6.03. The van der Waals surface area contributed by atoms with Crippen molar-refractivity contribution in [2.24, 2.45) is 5.73 Å². The summed E-state index contributed by atoms with van der Waals surface area (Å²) in [5.41, 5.74) is 11.1. The van der Waals surface area contributed by atoms with E-state index in [4.69, 9.17) is 10.5 Å². The Morgan fingerprint density at radius 1 is 1.18 bits per heavy atom. The minimum absolute atomic E-state index is 0.00607. The van der Waals surface area contributed by atoms with Gasteiger partial charge in [0.25, 0.3) is 5.91 Å². The molecule has 2 aromatic carbocycles. The van der Waals surface area contributed by atoms with Crippen molar-refractivity contribution < 1.29 is 14.3 Å². The van der Waals surface area contributed by atoms with Crippen LogP contribution in [0.5, 0.6) is 5.75 Å². The fourth-order valence-corrected chi connectivity index (χ4v) is 4.64. The molecule has 0 spiro atoms. The molecule has 1 atom stereocenters. The van der Waals surface area contributed by atoms with Gasteiger partial charge in [0.2, 0.25) is 5.91 Å². The molecule has 3 aliphatic rings. The number of primary amides is 1. The smallest absolute Gasteiger partial charge is 0.250 e. The monoisotopic (exact) mass is 377 g/mol. The molecule has 6 nitrogen and oxygen atoms in total. The molecule has 2 aromatic rings. The van der Waals surface area contributed by atoms with Gasteiger partial charge in [-0.2, -0.15) is 0 Å². The summed E-state index contributed by atoms with van der Waals surface area (Å²) in [6.07, 6.45) is 3.44. The second-order valence-electron chi connectivity index (χ2n) is 7.79. The van der Waals surface area contributed by atoms with Crippen molar-refractivity contribution in [3.63, 3.8) is 0 Å². The van der Waals surface area contributed by atoms with Gasteiger partial charge in [-0.05, 0) is 47.7 Å². The molecule has 0 aliphatic carbocycles. The molecule has 28 heavy (non-hydrogen) atoms. The number of rotatable bonds is 3. The van der Waals surface area contributed by atoms with Crippen molar-refractivity contribution >= 4 is 23.2 Å². The zero-order valence-corrected chi connectivity index (χ0v) is 15.7. The highest BCUT2D eigenvalue weighted by Crippen LogP contribution is 2.42. The number of benzene rings is 2. The zero-order valence-electron chi connectivity index (χ0n) is 15.7. The van der Waals surface area contributed by atoms with Gasteiger partial charge in [-0.25, -0.2) is 0 Å². The van der Waals surface area contributed by atoms with E-state index in [1.807, 2.05) is 24.3 Å². The van der Waals surface area contributed by atoms with Gasteiger partial charge in [0.15, 0.2) is 0 Å². The largest absolute Gasteiger partial charge is 0.493 e. The van der Waals surface area contributed by atoms with Crippen molar-refractivity contribution in [2.45, 2.75) is 31.6 Å². The third kappa shape index (κ3) is 2.80. The first-order valence-corrected chi connectivity index (χ1v) is 9.88. The predicted octanol–water partition coefficient (Wildman–Crippen LogP) is 2.79. The Labute approximate surface area is 163 Å². The summed E-state index contributed by atoms with van der Waals surface area (Å²) < 4.78 is 5.61. The SMILES string of the molecule is NC(=O)c1cc2c(cc1N1CCCC1)NC(=O)CC2c1ccc2c(c1)CCO2. The topological polar surface area (TPSA) is 84.7 Å². The van der Waals surface area contributed by atoms with Crippen molar-refractivity contribution in [3.05, 3.63) is 52.6 Å². The van der Waals surface area contributed by atoms with Crippen molar-refractivity contribution in [3.8, 4) is 5.75 Å². The molecule has 0 saturated carbocycles. The van der Waals surface area contributed by atoms with Gasteiger partial charge >= 0.3 is 0 Å². The lowest BCUT2D eigenvalue weighted by atomic mass is 9.83. The van der Waals surface area contributed by atoms with Crippen molar-refractivity contribution in [2.75, 3.05) is 29.9 Å². The summed E-state index contributed by atoms with van der Waals surface area (Å²) in [7, 11) is 0. The summed E-state index contributed by atoms with van der Waals surface area (Å²) >= 11 is 0. The van der Waals surface area contributed by atoms with Crippen molar-refractivity contribution in [1.29, 1.82) is 0 Å². The highest BCUT2D eigenvalue weighted by Gasteiger charge is 2.31. The lowest BCUT2D eigenvalue weighted by Gasteiger charge is -2.29. The molecule has 3 N–H and O–H groups in total. The Hall–Kier alpha value is -3.02. The van der Waals surface area contributed by atoms with E-state index in [-0.39, 0.29) is 11.8 Å². The van der Waals surface area contributed by atoms with Gasteiger partial charge in [-0.15, -0.1) is 0 Å². The Kier molecular flexibility index (Phi) is 4.00. The highest BCUT2D eigenvalue weighted by atomic mass is 16.5. The van der Waals surface area contributed by atoms with Gasteiger partial charge in [0.1, 0.15) is 5.75 Å². The molecular weight excluding hydrogens is 354 g/mol. The number of nitrogens with zero attached hydrogens (tertiary/aromatic N) is 1. The lowest BCUT2D eigenvalue weighted by molar-refractivity contribution is -0.116. The number of amides is 2. The van der Waals surface area contributed by atoms with Crippen LogP contribution in [0.25, 0.3) is 0 Å². The average Bonchev–Trinajstić information content (AvgIpc) is 3.37. The van der Waals surface area contributed by atoms with Crippen LogP contribution in [-0.2, 0) is 11.2 Å². The van der Waals surface area contributed by atoms with E-state index in [0.29, 0.717) is 18.6 Å². The van der Waals surface area contributed by atoms with Crippen LogP contribution >= 0.6 is 0 Å². The van der Waals surface area contributed by atoms with E-state index in [1.54, 1.807) is 0 Å². The minimum Gasteiger partial charge on any atom is -0.493 e. The van der Waals surface area contributed by atoms with Gasteiger partial charge in [0.05, 0.1) is 17.9 Å². The average molecular weight is 377 g/mol. The predicted molar refractivity (Wildman–Crippen MR) is 107 cm³/mol. The Bertz CT molecular complexity index is 979. The quantitative estimate of drug-likeness (QED) is 0.861. The van der Waals surface area contributed by atoms with Crippen LogP contribution in [0.4, 0.5) is 11.4 Å². The van der Waals surface area contributed by atoms with E-state index in [0.717, 1.165) is 60.6 Å². The molecular formula is C22H23N3O3. The van der Waals surface area contributed by atoms with Gasteiger partial charge in [-0.1, -0.05) is 12.1 Å². The van der Waals surface area contributed by atoms with Crippen molar-refractivity contribution in [1.82, 2.24) is 0 Å². The third-order valence-electron chi connectivity index (χ3n) is 6.03. The van der Waals surface area contributed by atoms with Crippen LogP contribution in [-0.4, -0.2) is 31.5 Å². The maximum absolute atomic E-state index is 12.5. The van der Waals surface area contributed by atoms with E-state index >= 15 is 0 Å². The van der Waals surface area contributed by atoms with E-state index in [1.165, 1.54) is 5.56 Å². The summed E-state index contributed by atoms with van der Waals surface area (Å²) in [6, 6.07) is 9.96. The molecule has 1 unspecified atom stereocenters. The number of nitrogens with one attached hydrogen (secondary N) is 1. The standard InChI is InChI=1S/C22H23N3O3/c23-22(27)17-10-16-15(13-3-4-20-14(9-13)5-8-28-20)11-21(26)24-18(16)12-19(17)25-6-1-2-7-25/h3-4,9-10,12,15H,1-2,5-8,11H2,(H2,23,27)(H,24,26). The molecule has 144 valence electrons. The summed E-state index contributed by atoms with van der Waals surface area (Å²) in [4.78, 5) is 26.9. The summed E-state index contributed by atoms with van der Waals surface area (Å²) in [5, 5.41) is 3.00. The van der Waals surface area contributed by atoms with Gasteiger partial charge < -0.3 is 20.7 Å². The molecule has 1 saturated heterocycles. The number of hydrogen-bond acceptors (Lipinski definition) is 4. The molecule has 5 rings (SSSR count). The number of nitrogens with two attached hydrogens (primary N) is 1. The number of carbonyl (C=O) groups is 2. The molecule has 2 amide bonds. The Morgan fingerprint density at radius 2 is 2.00 bits per heavy atom. The van der Waals surface area contributed by atoms with E-state index < -0.39 is 5.91 Å². The van der Waals surface area contributed by atoms with Crippen LogP contribution < -0.4 is 20.7 Å². The molecule has 1 fully saturated rings. The Balaban J connectivity index is 1.62. The summed E-state index contributed by atoms with van der Waals surface area (Å²) in [6.45, 7) is 2.51. The fraction of sp³-hybridized carbons (Fsp3) is 0.364. The number of carbonyl (C=O) groups excluding carboxylic acids is 2. The van der Waals surface area contributed by atoms with Crippen LogP contribution in [0.3, 0.4) is 0 Å². The second-order valence-corrected chi connectivity index (χ2v) is 7.79. The maximum Gasteiger partial charge on any atom is 0.250 e. The van der Waals surface area contributed by atoms with Gasteiger partial charge in [0, 0.05) is 37.5 Å². The summed E-state index contributed by atoms with van der Waals surface area (Å²) in [5.74, 6) is 0.392. The van der Waals surface area contributed by atoms with Gasteiger partial charge in [-0.3, -0.25) is 9.59 Å². The van der Waals surface area contributed by atoms with Crippen LogP contribution in [0, 0.1) is 0 Å². The normalized spacial score (nSPS) is 20.4. The van der Waals surface area contributed by atoms with Crippen LogP contribution in [0.1, 0.15) is 52.2 Å². The fourth-order valence-electron chi connectivity index (χ4n) is 4.64. The first kappa shape index (κ1) is 17.1. The number of ether oxygens (including phenoxy) is 1. The number of hydrogen-bond donors (Lipinski definition) is 2. The van der Waals surface area contributed by atoms with E-state index in [2.05, 4.69) is 16.3 Å². The number of anilines is 2. The van der Waals surface area contributed by atoms with Crippen LogP contribution in [0.2, 0.25) is 0 Å². The molecule has 0 bridgehead atoms. The number of fused-ring (bicyclic) bond motifs is 2. The minimum atomic E-state index is -0.428. The second kappa shape index (κ2) is 6.55. The molecule has 0 radical (unpaired) electrons. The molecule has 6 heteroatoms. The first-order valence-electron chi connectivity index (χ1n) is 9.88. The Morgan fingerprint density at radius 3 is 2.79 bits per heavy atom. The highest BCUT2D eigenvalue weighted by molar-refractivity contribution is 6.03. The molecule has 3 heterocycles. The lowest BCUT2D eigenvalue weighted by Crippen LogP contribution is -2.27.